The van der Waals surface area contributed by atoms with Crippen LogP contribution in [0.25, 0.3) is 0 Å². The maximum atomic E-state index is 11.1. The Balaban J connectivity index is 1.92. The highest BCUT2D eigenvalue weighted by atomic mass is 31.2. The highest BCUT2D eigenvalue weighted by Gasteiger charge is 2.22. The van der Waals surface area contributed by atoms with Gasteiger partial charge in [0.25, 0.3) is 0 Å². The number of hydrogen-bond acceptors (Lipinski definition) is 2. The molecule has 0 unspecified atom stereocenters. The molecular weight excluding hydrogens is 299 g/mol. The first-order valence-electron chi connectivity index (χ1n) is 7.35. The summed E-state index contributed by atoms with van der Waals surface area (Å²) in [7, 11) is -4.46. The Hall–Kier alpha value is -1.45. The fourth-order valence-corrected chi connectivity index (χ4v) is 2.99. The smallest absolute Gasteiger partial charge is 0.303 e. The van der Waals surface area contributed by atoms with Crippen molar-refractivity contribution in [3.05, 3.63) is 71.8 Å². The highest BCUT2D eigenvalue weighted by Crippen LogP contribution is 2.39. The lowest BCUT2D eigenvalue weighted by Gasteiger charge is -2.18. The summed E-state index contributed by atoms with van der Waals surface area (Å²) in [5, 5.41) is 0. The molecule has 2 aromatic rings. The third-order valence-corrected chi connectivity index (χ3v) is 4.05. The van der Waals surface area contributed by atoms with Gasteiger partial charge in [-0.15, -0.1) is 0 Å². The van der Waals surface area contributed by atoms with Crippen molar-refractivity contribution >= 4 is 7.82 Å². The second kappa shape index (κ2) is 8.25. The summed E-state index contributed by atoms with van der Waals surface area (Å²) in [6.07, 6.45) is 2.19. The van der Waals surface area contributed by atoms with E-state index in [1.54, 1.807) is 0 Å². The quantitative estimate of drug-likeness (QED) is 0.727. The summed E-state index contributed by atoms with van der Waals surface area (Å²) in [4.78, 5) is 18.1. The van der Waals surface area contributed by atoms with Gasteiger partial charge in [-0.1, -0.05) is 60.7 Å². The van der Waals surface area contributed by atoms with Crippen molar-refractivity contribution in [1.29, 1.82) is 0 Å². The molecule has 0 atom stereocenters. The summed E-state index contributed by atoms with van der Waals surface area (Å²) in [5.41, 5.74) is 2.28. The molecule has 2 N–H and O–H groups in total. The molecule has 0 spiro atoms. The van der Waals surface area contributed by atoms with Gasteiger partial charge in [-0.25, -0.2) is 4.57 Å². The molecule has 4 nitrogen and oxygen atoms in total. The maximum Gasteiger partial charge on any atom is 0.469 e. The van der Waals surface area contributed by atoms with Crippen molar-refractivity contribution in [2.75, 3.05) is 0 Å². The van der Waals surface area contributed by atoms with Gasteiger partial charge in [-0.05, 0) is 36.8 Å². The zero-order chi connectivity index (χ0) is 15.8. The Morgan fingerprint density at radius 3 is 1.59 bits per heavy atom. The van der Waals surface area contributed by atoms with Crippen LogP contribution in [0.15, 0.2) is 60.7 Å². The first-order valence-corrected chi connectivity index (χ1v) is 8.88. The largest absolute Gasteiger partial charge is 0.469 e. The molecule has 0 amide bonds. The molecule has 22 heavy (non-hydrogen) atoms. The second-order valence-corrected chi connectivity index (χ2v) is 6.46. The van der Waals surface area contributed by atoms with Crippen LogP contribution < -0.4 is 0 Å². The number of benzene rings is 2. The molecule has 0 aliphatic carbocycles. The van der Waals surface area contributed by atoms with Crippen molar-refractivity contribution in [1.82, 2.24) is 0 Å². The Morgan fingerprint density at radius 1 is 0.818 bits per heavy atom. The van der Waals surface area contributed by atoms with E-state index in [2.05, 4.69) is 0 Å². The topological polar surface area (TPSA) is 66.8 Å². The van der Waals surface area contributed by atoms with Crippen LogP contribution in [0, 0.1) is 0 Å². The molecule has 2 aromatic carbocycles. The van der Waals surface area contributed by atoms with Crippen LogP contribution in [-0.2, 0) is 21.9 Å². The van der Waals surface area contributed by atoms with Gasteiger partial charge >= 0.3 is 7.82 Å². The molecule has 0 fully saturated rings. The number of aryl methyl sites for hydroxylation is 2. The van der Waals surface area contributed by atoms with Crippen LogP contribution in [-0.4, -0.2) is 15.9 Å². The first-order chi connectivity index (χ1) is 10.5. The van der Waals surface area contributed by atoms with Gasteiger partial charge in [0.2, 0.25) is 0 Å². The molecule has 0 aromatic heterocycles. The predicted molar refractivity (Wildman–Crippen MR) is 86.4 cm³/mol. The number of hydrogen-bond donors (Lipinski definition) is 2. The molecule has 0 saturated carbocycles. The molecule has 118 valence electrons. The average Bonchev–Trinajstić information content (AvgIpc) is 2.51. The third kappa shape index (κ3) is 6.54. The lowest BCUT2D eigenvalue weighted by Crippen LogP contribution is -2.14. The van der Waals surface area contributed by atoms with E-state index >= 15 is 0 Å². The standard InChI is InChI=1S/C17H21O4P/c18-22(19,20)21-17(13-11-15-7-3-1-4-8-15)14-12-16-9-5-2-6-10-16/h1-10,17H,11-14H2,(H2,18,19,20). The van der Waals surface area contributed by atoms with Gasteiger partial charge in [0.05, 0.1) is 6.10 Å². The van der Waals surface area contributed by atoms with Gasteiger partial charge in [0, 0.05) is 0 Å². The normalized spacial score (nSPS) is 11.8. The molecule has 0 aliphatic heterocycles. The minimum atomic E-state index is -4.46. The van der Waals surface area contributed by atoms with Crippen LogP contribution in [0.5, 0.6) is 0 Å². The molecule has 0 saturated heterocycles. The monoisotopic (exact) mass is 320 g/mol. The molecule has 5 heteroatoms. The van der Waals surface area contributed by atoms with Crippen LogP contribution in [0.1, 0.15) is 24.0 Å². The zero-order valence-corrected chi connectivity index (χ0v) is 13.2. The van der Waals surface area contributed by atoms with Crippen LogP contribution in [0.3, 0.4) is 0 Å². The van der Waals surface area contributed by atoms with E-state index in [1.165, 1.54) is 0 Å². The van der Waals surface area contributed by atoms with Crippen molar-refractivity contribution in [3.8, 4) is 0 Å². The molecular formula is C17H21O4P. The van der Waals surface area contributed by atoms with E-state index in [4.69, 9.17) is 14.3 Å². The van der Waals surface area contributed by atoms with Crippen molar-refractivity contribution < 1.29 is 18.9 Å². The molecule has 0 radical (unpaired) electrons. The fourth-order valence-electron chi connectivity index (χ4n) is 2.39. The van der Waals surface area contributed by atoms with Crippen LogP contribution >= 0.6 is 7.82 Å². The van der Waals surface area contributed by atoms with Crippen molar-refractivity contribution in [2.45, 2.75) is 31.8 Å². The minimum absolute atomic E-state index is 0.457. The first kappa shape index (κ1) is 16.9. The van der Waals surface area contributed by atoms with E-state index in [-0.39, 0.29) is 0 Å². The lowest BCUT2D eigenvalue weighted by atomic mass is 10.0. The van der Waals surface area contributed by atoms with Crippen LogP contribution in [0.2, 0.25) is 0 Å². The van der Waals surface area contributed by atoms with Crippen molar-refractivity contribution in [2.24, 2.45) is 0 Å². The summed E-state index contributed by atoms with van der Waals surface area (Å²) in [5.74, 6) is 0. The minimum Gasteiger partial charge on any atom is -0.303 e. The van der Waals surface area contributed by atoms with Gasteiger partial charge in [-0.2, -0.15) is 0 Å². The summed E-state index contributed by atoms with van der Waals surface area (Å²) in [6.45, 7) is 0. The lowest BCUT2D eigenvalue weighted by molar-refractivity contribution is 0.120. The highest BCUT2D eigenvalue weighted by molar-refractivity contribution is 7.46. The molecule has 0 bridgehead atoms. The predicted octanol–water partition coefficient (Wildman–Crippen LogP) is 3.73. The Labute approximate surface area is 131 Å². The number of phosphoric ester groups is 1. The SMILES string of the molecule is O=P(O)(O)OC(CCc1ccccc1)CCc1ccccc1. The van der Waals surface area contributed by atoms with E-state index in [0.717, 1.165) is 24.0 Å². The zero-order valence-electron chi connectivity index (χ0n) is 12.3. The average molecular weight is 320 g/mol. The third-order valence-electron chi connectivity index (χ3n) is 3.48. The van der Waals surface area contributed by atoms with Crippen LogP contribution in [0.4, 0.5) is 0 Å². The molecule has 2 rings (SSSR count). The van der Waals surface area contributed by atoms with Gasteiger partial charge in [-0.3, -0.25) is 4.52 Å². The Morgan fingerprint density at radius 2 is 1.23 bits per heavy atom. The molecule has 0 heterocycles. The maximum absolute atomic E-state index is 11.1. The van der Waals surface area contributed by atoms with Crippen molar-refractivity contribution in [3.63, 3.8) is 0 Å². The Kier molecular flexibility index (Phi) is 6.34. The molecule has 0 aliphatic rings. The van der Waals surface area contributed by atoms with E-state index in [1.807, 2.05) is 60.7 Å². The van der Waals surface area contributed by atoms with Gasteiger partial charge in [0.1, 0.15) is 0 Å². The summed E-state index contributed by atoms with van der Waals surface area (Å²) >= 11 is 0. The summed E-state index contributed by atoms with van der Waals surface area (Å²) in [6, 6.07) is 19.7. The summed E-state index contributed by atoms with van der Waals surface area (Å²) < 4.78 is 16.1. The van der Waals surface area contributed by atoms with E-state index in [9.17, 15) is 4.57 Å². The number of rotatable bonds is 8. The van der Waals surface area contributed by atoms with Gasteiger partial charge in [0.15, 0.2) is 0 Å². The Bertz CT molecular complexity index is 551. The fraction of sp³-hybridized carbons (Fsp3) is 0.294. The second-order valence-electron chi connectivity index (χ2n) is 5.27. The van der Waals surface area contributed by atoms with Gasteiger partial charge < -0.3 is 9.79 Å². The van der Waals surface area contributed by atoms with E-state index < -0.39 is 13.9 Å². The van der Waals surface area contributed by atoms with E-state index in [0.29, 0.717) is 12.8 Å². The number of phosphoric acid groups is 1.